The van der Waals surface area contributed by atoms with E-state index in [0.29, 0.717) is 5.13 Å². The Kier molecular flexibility index (Phi) is 3.31. The van der Waals surface area contributed by atoms with Crippen LogP contribution in [0.1, 0.15) is 18.4 Å². The van der Waals surface area contributed by atoms with E-state index in [1.807, 2.05) is 42.6 Å². The molecule has 0 saturated heterocycles. The number of nitrogens with one attached hydrogen (secondary N) is 1. The monoisotopic (exact) mass is 232 g/mol. The summed E-state index contributed by atoms with van der Waals surface area (Å²) in [7, 11) is 0. The van der Waals surface area contributed by atoms with E-state index in [2.05, 4.69) is 10.3 Å². The summed E-state index contributed by atoms with van der Waals surface area (Å²) in [6.07, 6.45) is 1.67. The predicted molar refractivity (Wildman–Crippen MR) is 65.6 cm³/mol. The Labute approximate surface area is 98.2 Å². The molecule has 0 bridgehead atoms. The molecule has 1 aromatic heterocycles. The largest absolute Gasteiger partial charge is 0.301 e. The van der Waals surface area contributed by atoms with Crippen molar-refractivity contribution in [2.75, 3.05) is 5.32 Å². The molecule has 3 nitrogen and oxygen atoms in total. The van der Waals surface area contributed by atoms with Crippen molar-refractivity contribution < 1.29 is 4.79 Å². The minimum absolute atomic E-state index is 0.0267. The van der Waals surface area contributed by atoms with Crippen molar-refractivity contribution in [2.24, 2.45) is 0 Å². The van der Waals surface area contributed by atoms with Gasteiger partial charge in [-0.05, 0) is 12.5 Å². The van der Waals surface area contributed by atoms with Crippen LogP contribution in [-0.2, 0) is 4.79 Å². The van der Waals surface area contributed by atoms with E-state index in [-0.39, 0.29) is 11.8 Å². The van der Waals surface area contributed by atoms with Crippen molar-refractivity contribution >= 4 is 22.4 Å². The number of rotatable bonds is 3. The standard InChI is InChI=1S/C12H12N2OS/c1-9(10-5-3-2-4-6-10)11(15)14-12-13-7-8-16-12/h2-9H,1H3,(H,13,14,15)/t9-/m1/s1. The SMILES string of the molecule is C[C@@H](C(=O)Nc1nccs1)c1ccccc1. The molecular formula is C12H12N2OS. The molecular weight excluding hydrogens is 220 g/mol. The first-order chi connectivity index (χ1) is 7.77. The number of carbonyl (C=O) groups is 1. The number of anilines is 1. The zero-order valence-corrected chi connectivity index (χ0v) is 9.70. The molecule has 0 saturated carbocycles. The van der Waals surface area contributed by atoms with E-state index >= 15 is 0 Å². The number of aromatic nitrogens is 1. The molecule has 0 radical (unpaired) electrons. The van der Waals surface area contributed by atoms with Crippen molar-refractivity contribution in [1.82, 2.24) is 4.98 Å². The fourth-order valence-electron chi connectivity index (χ4n) is 1.39. The fourth-order valence-corrected chi connectivity index (χ4v) is 1.92. The molecule has 0 fully saturated rings. The third-order valence-electron chi connectivity index (χ3n) is 2.36. The molecule has 0 aliphatic heterocycles. The minimum Gasteiger partial charge on any atom is -0.301 e. The van der Waals surface area contributed by atoms with Crippen LogP contribution in [0.5, 0.6) is 0 Å². The van der Waals surface area contributed by atoms with E-state index in [9.17, 15) is 4.79 Å². The van der Waals surface area contributed by atoms with Gasteiger partial charge in [0.15, 0.2) is 5.13 Å². The van der Waals surface area contributed by atoms with Crippen molar-refractivity contribution in [3.8, 4) is 0 Å². The number of thiazole rings is 1. The molecule has 16 heavy (non-hydrogen) atoms. The smallest absolute Gasteiger partial charge is 0.233 e. The fraction of sp³-hybridized carbons (Fsp3) is 0.167. The van der Waals surface area contributed by atoms with Gasteiger partial charge in [-0.1, -0.05) is 30.3 Å². The topological polar surface area (TPSA) is 42.0 Å². The quantitative estimate of drug-likeness (QED) is 0.884. The maximum atomic E-state index is 11.9. The highest BCUT2D eigenvalue weighted by Gasteiger charge is 2.15. The highest BCUT2D eigenvalue weighted by atomic mass is 32.1. The van der Waals surface area contributed by atoms with Crippen molar-refractivity contribution in [1.29, 1.82) is 0 Å². The molecule has 1 atom stereocenters. The lowest BCUT2D eigenvalue weighted by Gasteiger charge is -2.10. The van der Waals surface area contributed by atoms with E-state index < -0.39 is 0 Å². The maximum Gasteiger partial charge on any atom is 0.233 e. The van der Waals surface area contributed by atoms with Crippen LogP contribution in [0.15, 0.2) is 41.9 Å². The normalized spacial score (nSPS) is 12.1. The lowest BCUT2D eigenvalue weighted by molar-refractivity contribution is -0.117. The Morgan fingerprint density at radius 2 is 2.12 bits per heavy atom. The molecule has 0 unspecified atom stereocenters. The van der Waals surface area contributed by atoms with Crippen molar-refractivity contribution in [2.45, 2.75) is 12.8 Å². The molecule has 0 aliphatic carbocycles. The zero-order valence-electron chi connectivity index (χ0n) is 8.88. The van der Waals surface area contributed by atoms with Gasteiger partial charge >= 0.3 is 0 Å². The number of amides is 1. The minimum atomic E-state index is -0.162. The summed E-state index contributed by atoms with van der Waals surface area (Å²) in [4.78, 5) is 15.9. The molecule has 82 valence electrons. The van der Waals surface area contributed by atoms with Gasteiger partial charge in [0.1, 0.15) is 0 Å². The second kappa shape index (κ2) is 4.90. The first-order valence-electron chi connectivity index (χ1n) is 5.02. The number of hydrogen-bond acceptors (Lipinski definition) is 3. The Bertz CT molecular complexity index is 453. The number of carbonyl (C=O) groups excluding carboxylic acids is 1. The van der Waals surface area contributed by atoms with Gasteiger partial charge in [-0.15, -0.1) is 11.3 Å². The molecule has 0 spiro atoms. The highest BCUT2D eigenvalue weighted by molar-refractivity contribution is 7.13. The summed E-state index contributed by atoms with van der Waals surface area (Å²) >= 11 is 1.42. The van der Waals surface area contributed by atoms with Crippen molar-refractivity contribution in [3.05, 3.63) is 47.5 Å². The summed E-state index contributed by atoms with van der Waals surface area (Å²) < 4.78 is 0. The molecule has 0 aliphatic rings. The summed E-state index contributed by atoms with van der Waals surface area (Å²) in [6, 6.07) is 9.71. The summed E-state index contributed by atoms with van der Waals surface area (Å²) in [5.74, 6) is -0.189. The van der Waals surface area contributed by atoms with Gasteiger partial charge < -0.3 is 5.32 Å². The van der Waals surface area contributed by atoms with Crippen LogP contribution in [-0.4, -0.2) is 10.9 Å². The Morgan fingerprint density at radius 3 is 2.75 bits per heavy atom. The van der Waals surface area contributed by atoms with E-state index in [1.165, 1.54) is 11.3 Å². The van der Waals surface area contributed by atoms with Crippen LogP contribution in [0.2, 0.25) is 0 Å². The lowest BCUT2D eigenvalue weighted by atomic mass is 10.0. The van der Waals surface area contributed by atoms with Crippen LogP contribution in [0.25, 0.3) is 0 Å². The van der Waals surface area contributed by atoms with Crippen LogP contribution >= 0.6 is 11.3 Å². The van der Waals surface area contributed by atoms with Gasteiger partial charge in [-0.25, -0.2) is 4.98 Å². The molecule has 4 heteroatoms. The molecule has 1 amide bonds. The predicted octanol–water partition coefficient (Wildman–Crippen LogP) is 2.89. The second-order valence-electron chi connectivity index (χ2n) is 3.46. The van der Waals surface area contributed by atoms with Crippen LogP contribution < -0.4 is 5.32 Å². The van der Waals surface area contributed by atoms with E-state index in [4.69, 9.17) is 0 Å². The third-order valence-corrected chi connectivity index (χ3v) is 3.04. The molecule has 1 aromatic carbocycles. The summed E-state index contributed by atoms with van der Waals surface area (Å²) in [5, 5.41) is 5.27. The number of hydrogen-bond donors (Lipinski definition) is 1. The lowest BCUT2D eigenvalue weighted by Crippen LogP contribution is -2.18. The average Bonchev–Trinajstić information content (AvgIpc) is 2.82. The first-order valence-corrected chi connectivity index (χ1v) is 5.90. The molecule has 1 N–H and O–H groups in total. The average molecular weight is 232 g/mol. The Morgan fingerprint density at radius 1 is 1.38 bits per heavy atom. The van der Waals surface area contributed by atoms with Gasteiger partial charge in [-0.3, -0.25) is 4.79 Å². The first kappa shape index (κ1) is 10.8. The Balaban J connectivity index is 2.05. The second-order valence-corrected chi connectivity index (χ2v) is 4.35. The molecule has 2 aromatic rings. The van der Waals surface area contributed by atoms with Gasteiger partial charge in [0.05, 0.1) is 5.92 Å². The van der Waals surface area contributed by atoms with Crippen molar-refractivity contribution in [3.63, 3.8) is 0 Å². The van der Waals surface area contributed by atoms with Crippen LogP contribution in [0, 0.1) is 0 Å². The van der Waals surface area contributed by atoms with Crippen LogP contribution in [0.4, 0.5) is 5.13 Å². The van der Waals surface area contributed by atoms with Gasteiger partial charge in [0.2, 0.25) is 5.91 Å². The van der Waals surface area contributed by atoms with E-state index in [0.717, 1.165) is 5.56 Å². The van der Waals surface area contributed by atoms with Crippen LogP contribution in [0.3, 0.4) is 0 Å². The highest BCUT2D eigenvalue weighted by Crippen LogP contribution is 2.18. The van der Waals surface area contributed by atoms with Gasteiger partial charge in [-0.2, -0.15) is 0 Å². The van der Waals surface area contributed by atoms with Gasteiger partial charge in [0, 0.05) is 11.6 Å². The summed E-state index contributed by atoms with van der Waals surface area (Å²) in [6.45, 7) is 1.89. The number of nitrogens with zero attached hydrogens (tertiary/aromatic N) is 1. The number of benzene rings is 1. The van der Waals surface area contributed by atoms with E-state index in [1.54, 1.807) is 6.20 Å². The Hall–Kier alpha value is -1.68. The molecule has 2 rings (SSSR count). The zero-order chi connectivity index (χ0) is 11.4. The molecule has 1 heterocycles. The van der Waals surface area contributed by atoms with Gasteiger partial charge in [0.25, 0.3) is 0 Å². The summed E-state index contributed by atoms with van der Waals surface area (Å²) in [5.41, 5.74) is 1.01. The maximum absolute atomic E-state index is 11.9. The third kappa shape index (κ3) is 2.46.